The van der Waals surface area contributed by atoms with E-state index in [1.165, 1.54) is 9.75 Å². The van der Waals surface area contributed by atoms with Crippen LogP contribution in [-0.4, -0.2) is 37.2 Å². The summed E-state index contributed by atoms with van der Waals surface area (Å²) in [5.74, 6) is 0. The van der Waals surface area contributed by atoms with Gasteiger partial charge in [-0.1, -0.05) is 20.8 Å². The van der Waals surface area contributed by atoms with E-state index in [0.717, 1.165) is 32.5 Å². The first-order valence-corrected chi connectivity index (χ1v) is 8.31. The van der Waals surface area contributed by atoms with Gasteiger partial charge in [0.2, 0.25) is 0 Å². The van der Waals surface area contributed by atoms with E-state index >= 15 is 0 Å². The van der Waals surface area contributed by atoms with Gasteiger partial charge in [-0.2, -0.15) is 0 Å². The van der Waals surface area contributed by atoms with Gasteiger partial charge in [-0.25, -0.2) is 0 Å². The molecule has 2 atom stereocenters. The summed E-state index contributed by atoms with van der Waals surface area (Å²) in [7, 11) is 1.81. The Morgan fingerprint density at radius 2 is 2.10 bits per heavy atom. The molecular formula is C16H29ClN2OS. The van der Waals surface area contributed by atoms with E-state index in [4.69, 9.17) is 10.5 Å². The van der Waals surface area contributed by atoms with Gasteiger partial charge in [-0.15, -0.1) is 23.7 Å². The number of piperidine rings is 1. The Kier molecular flexibility index (Phi) is 7.14. The number of methoxy groups -OCH3 is 1. The van der Waals surface area contributed by atoms with E-state index < -0.39 is 0 Å². The highest BCUT2D eigenvalue weighted by Crippen LogP contribution is 2.31. The number of likely N-dealkylation sites (tertiary alicyclic amines) is 1. The number of halogens is 1. The Balaban J connectivity index is 0.00000220. The average molecular weight is 333 g/mol. The summed E-state index contributed by atoms with van der Waals surface area (Å²) in [5.41, 5.74) is 6.19. The van der Waals surface area contributed by atoms with Crippen LogP contribution in [0.4, 0.5) is 0 Å². The van der Waals surface area contributed by atoms with E-state index in [2.05, 4.69) is 37.8 Å². The Hall–Kier alpha value is -0.130. The van der Waals surface area contributed by atoms with Crippen LogP contribution >= 0.6 is 23.7 Å². The number of nitrogens with zero attached hydrogens (tertiary/aromatic N) is 1. The smallest absolute Gasteiger partial charge is 0.0599 e. The van der Waals surface area contributed by atoms with E-state index in [1.54, 1.807) is 0 Å². The number of rotatable bonds is 4. The lowest BCUT2D eigenvalue weighted by Gasteiger charge is -2.38. The third-order valence-electron chi connectivity index (χ3n) is 4.15. The fraction of sp³-hybridized carbons (Fsp3) is 0.750. The summed E-state index contributed by atoms with van der Waals surface area (Å²) in [6.45, 7) is 9.65. The van der Waals surface area contributed by atoms with Crippen LogP contribution in [0.3, 0.4) is 0 Å². The molecule has 2 N–H and O–H groups in total. The lowest BCUT2D eigenvalue weighted by atomic mass is 9.95. The second-order valence-electron chi connectivity index (χ2n) is 6.76. The molecule has 2 heterocycles. The Labute approximate surface area is 139 Å². The molecule has 1 aliphatic rings. The van der Waals surface area contributed by atoms with Crippen LogP contribution in [0.5, 0.6) is 0 Å². The molecule has 122 valence electrons. The van der Waals surface area contributed by atoms with Gasteiger partial charge < -0.3 is 10.5 Å². The SMILES string of the molecule is COC1CCN(Cc2ccc(C(C)(C)C)s2)C(CN)C1.Cl. The molecule has 1 aliphatic heterocycles. The molecule has 3 nitrogen and oxygen atoms in total. The van der Waals surface area contributed by atoms with Gasteiger partial charge in [-0.05, 0) is 30.4 Å². The minimum atomic E-state index is 0. The summed E-state index contributed by atoms with van der Waals surface area (Å²) in [5, 5.41) is 0. The van der Waals surface area contributed by atoms with Crippen molar-refractivity contribution in [3.63, 3.8) is 0 Å². The fourth-order valence-corrected chi connectivity index (χ4v) is 3.89. The monoisotopic (exact) mass is 332 g/mol. The van der Waals surface area contributed by atoms with Crippen molar-refractivity contribution < 1.29 is 4.74 Å². The quantitative estimate of drug-likeness (QED) is 0.918. The molecule has 5 heteroatoms. The second kappa shape index (κ2) is 7.93. The Morgan fingerprint density at radius 1 is 1.38 bits per heavy atom. The molecule has 0 spiro atoms. The lowest BCUT2D eigenvalue weighted by molar-refractivity contribution is 0.0106. The summed E-state index contributed by atoms with van der Waals surface area (Å²) < 4.78 is 5.49. The van der Waals surface area contributed by atoms with Crippen molar-refractivity contribution in [1.82, 2.24) is 4.90 Å². The highest BCUT2D eigenvalue weighted by molar-refractivity contribution is 7.12. The minimum Gasteiger partial charge on any atom is -0.381 e. The third kappa shape index (κ3) is 4.93. The molecule has 21 heavy (non-hydrogen) atoms. The number of ether oxygens (including phenoxy) is 1. The Bertz CT molecular complexity index is 430. The molecule has 0 saturated carbocycles. The van der Waals surface area contributed by atoms with Crippen molar-refractivity contribution in [3.8, 4) is 0 Å². The molecule has 1 fully saturated rings. The normalized spacial score (nSPS) is 23.9. The number of hydrogen-bond acceptors (Lipinski definition) is 4. The minimum absolute atomic E-state index is 0. The van der Waals surface area contributed by atoms with Crippen LogP contribution in [0.1, 0.15) is 43.4 Å². The van der Waals surface area contributed by atoms with Crippen LogP contribution in [-0.2, 0) is 16.7 Å². The zero-order valence-electron chi connectivity index (χ0n) is 13.6. The molecule has 0 aliphatic carbocycles. The predicted octanol–water partition coefficient (Wildman–Crippen LogP) is 3.41. The van der Waals surface area contributed by atoms with Gasteiger partial charge in [-0.3, -0.25) is 4.90 Å². The molecular weight excluding hydrogens is 304 g/mol. The van der Waals surface area contributed by atoms with E-state index in [0.29, 0.717) is 12.1 Å². The van der Waals surface area contributed by atoms with Gasteiger partial charge in [0.1, 0.15) is 0 Å². The molecule has 1 aromatic heterocycles. The van der Waals surface area contributed by atoms with Gasteiger partial charge in [0, 0.05) is 42.5 Å². The molecule has 0 radical (unpaired) electrons. The van der Waals surface area contributed by atoms with Gasteiger partial charge in [0.15, 0.2) is 0 Å². The standard InChI is InChI=1S/C16H28N2OS.ClH/c1-16(2,3)15-6-5-14(20-15)11-18-8-7-13(19-4)9-12(18)10-17;/h5-6,12-13H,7-11,17H2,1-4H3;1H. The maximum Gasteiger partial charge on any atom is 0.0599 e. The van der Waals surface area contributed by atoms with Crippen LogP contribution in [0, 0.1) is 0 Å². The number of hydrogen-bond donors (Lipinski definition) is 1. The highest BCUT2D eigenvalue weighted by Gasteiger charge is 2.28. The van der Waals surface area contributed by atoms with Crippen LogP contribution in [0.15, 0.2) is 12.1 Å². The van der Waals surface area contributed by atoms with Gasteiger partial charge >= 0.3 is 0 Å². The van der Waals surface area contributed by atoms with Gasteiger partial charge in [0.05, 0.1) is 6.10 Å². The van der Waals surface area contributed by atoms with Crippen LogP contribution in [0.2, 0.25) is 0 Å². The largest absolute Gasteiger partial charge is 0.381 e. The molecule has 2 unspecified atom stereocenters. The lowest BCUT2D eigenvalue weighted by Crippen LogP contribution is -2.47. The van der Waals surface area contributed by atoms with Crippen LogP contribution in [0.25, 0.3) is 0 Å². The molecule has 0 aromatic carbocycles. The molecule has 0 bridgehead atoms. The van der Waals surface area contributed by atoms with E-state index in [9.17, 15) is 0 Å². The number of nitrogens with two attached hydrogens (primary N) is 1. The van der Waals surface area contributed by atoms with Crippen molar-refractivity contribution in [1.29, 1.82) is 0 Å². The van der Waals surface area contributed by atoms with Crippen molar-refractivity contribution in [3.05, 3.63) is 21.9 Å². The fourth-order valence-electron chi connectivity index (χ4n) is 2.80. The Morgan fingerprint density at radius 3 is 2.62 bits per heavy atom. The predicted molar refractivity (Wildman–Crippen MR) is 93.6 cm³/mol. The molecule has 1 saturated heterocycles. The second-order valence-corrected chi connectivity index (χ2v) is 7.93. The average Bonchev–Trinajstić information content (AvgIpc) is 2.87. The van der Waals surface area contributed by atoms with Crippen molar-refractivity contribution in [2.75, 3.05) is 20.2 Å². The maximum absolute atomic E-state index is 5.94. The maximum atomic E-state index is 5.94. The van der Waals surface area contributed by atoms with Crippen LogP contribution < -0.4 is 5.73 Å². The first kappa shape index (κ1) is 18.9. The highest BCUT2D eigenvalue weighted by atomic mass is 35.5. The summed E-state index contributed by atoms with van der Waals surface area (Å²) in [6.07, 6.45) is 2.56. The zero-order chi connectivity index (χ0) is 14.8. The number of thiophene rings is 1. The third-order valence-corrected chi connectivity index (χ3v) is 5.65. The summed E-state index contributed by atoms with van der Waals surface area (Å²) in [4.78, 5) is 5.43. The summed E-state index contributed by atoms with van der Waals surface area (Å²) >= 11 is 1.94. The summed E-state index contributed by atoms with van der Waals surface area (Å²) in [6, 6.07) is 5.01. The molecule has 0 amide bonds. The van der Waals surface area contributed by atoms with E-state index in [-0.39, 0.29) is 17.8 Å². The van der Waals surface area contributed by atoms with Gasteiger partial charge in [0.25, 0.3) is 0 Å². The zero-order valence-corrected chi connectivity index (χ0v) is 15.2. The first-order valence-electron chi connectivity index (χ1n) is 7.50. The van der Waals surface area contributed by atoms with Crippen molar-refractivity contribution >= 4 is 23.7 Å². The molecule has 1 aromatic rings. The topological polar surface area (TPSA) is 38.5 Å². The first-order chi connectivity index (χ1) is 9.44. The van der Waals surface area contributed by atoms with Crippen molar-refractivity contribution in [2.45, 2.75) is 57.7 Å². The molecule has 2 rings (SSSR count). The van der Waals surface area contributed by atoms with Crippen molar-refractivity contribution in [2.24, 2.45) is 5.73 Å². The van der Waals surface area contributed by atoms with E-state index in [1.807, 2.05) is 18.4 Å².